The lowest BCUT2D eigenvalue weighted by atomic mass is 10.1. The van der Waals surface area contributed by atoms with Crippen molar-refractivity contribution >= 4 is 15.7 Å². The molecule has 2 aromatic rings. The van der Waals surface area contributed by atoms with Crippen LogP contribution in [0.2, 0.25) is 0 Å². The van der Waals surface area contributed by atoms with Gasteiger partial charge in [-0.05, 0) is 41.8 Å². The molecule has 0 saturated heterocycles. The lowest BCUT2D eigenvalue weighted by Crippen LogP contribution is -2.25. The van der Waals surface area contributed by atoms with Crippen molar-refractivity contribution in [1.82, 2.24) is 5.32 Å². The molecular weight excluding hydrogens is 367 g/mol. The molecule has 26 heavy (non-hydrogen) atoms. The lowest BCUT2D eigenvalue weighted by Gasteiger charge is -2.09. The number of hydrogen-bond acceptors (Lipinski definition) is 3. The fraction of sp³-hybridized carbons (Fsp3) is 0.278. The van der Waals surface area contributed by atoms with Crippen LogP contribution in [0.3, 0.4) is 0 Å². The van der Waals surface area contributed by atoms with Gasteiger partial charge in [-0.15, -0.1) is 0 Å². The van der Waals surface area contributed by atoms with Crippen LogP contribution >= 0.6 is 0 Å². The molecule has 0 unspecified atom stereocenters. The number of hydrogen-bond donors (Lipinski definition) is 1. The van der Waals surface area contributed by atoms with Crippen molar-refractivity contribution in [2.24, 2.45) is 0 Å². The van der Waals surface area contributed by atoms with Crippen LogP contribution in [0.1, 0.15) is 27.0 Å². The number of halogens is 3. The Hall–Kier alpha value is -2.35. The van der Waals surface area contributed by atoms with Crippen LogP contribution in [-0.2, 0) is 28.2 Å². The molecule has 2 aromatic carbocycles. The predicted molar refractivity (Wildman–Crippen MR) is 92.5 cm³/mol. The molecule has 0 fully saturated rings. The summed E-state index contributed by atoms with van der Waals surface area (Å²) >= 11 is 0. The van der Waals surface area contributed by atoms with E-state index in [0.29, 0.717) is 23.1 Å². The normalized spacial score (nSPS) is 12.0. The molecule has 4 nitrogen and oxygen atoms in total. The Balaban J connectivity index is 1.87. The fourth-order valence-corrected chi connectivity index (χ4v) is 3.14. The summed E-state index contributed by atoms with van der Waals surface area (Å²) in [5.41, 5.74) is 0.949. The van der Waals surface area contributed by atoms with E-state index in [1.807, 2.05) is 0 Å². The highest BCUT2D eigenvalue weighted by atomic mass is 32.2. The summed E-state index contributed by atoms with van der Waals surface area (Å²) in [4.78, 5) is 12.0. The maximum atomic E-state index is 12.5. The topological polar surface area (TPSA) is 63.2 Å². The van der Waals surface area contributed by atoms with E-state index in [2.05, 4.69) is 5.32 Å². The van der Waals surface area contributed by atoms with Crippen molar-refractivity contribution < 1.29 is 26.4 Å². The number of nitrogens with one attached hydrogen (secondary N) is 1. The van der Waals surface area contributed by atoms with E-state index in [4.69, 9.17) is 0 Å². The van der Waals surface area contributed by atoms with Gasteiger partial charge in [-0.3, -0.25) is 4.79 Å². The summed E-state index contributed by atoms with van der Waals surface area (Å²) in [5, 5.41) is 2.68. The first kappa shape index (κ1) is 20.0. The molecule has 0 radical (unpaired) electrons. The van der Waals surface area contributed by atoms with E-state index < -0.39 is 21.6 Å². The van der Waals surface area contributed by atoms with E-state index in [1.165, 1.54) is 24.3 Å². The second-order valence-electron chi connectivity index (χ2n) is 5.97. The largest absolute Gasteiger partial charge is 0.416 e. The first-order valence-electron chi connectivity index (χ1n) is 7.75. The minimum Gasteiger partial charge on any atom is -0.352 e. The average Bonchev–Trinajstić information content (AvgIpc) is 2.53. The molecule has 2 rings (SSSR count). The van der Waals surface area contributed by atoms with Crippen LogP contribution < -0.4 is 5.32 Å². The van der Waals surface area contributed by atoms with Crippen molar-refractivity contribution in [3.8, 4) is 0 Å². The second-order valence-corrected chi connectivity index (χ2v) is 8.11. The number of benzene rings is 2. The van der Waals surface area contributed by atoms with E-state index in [1.54, 1.807) is 12.1 Å². The highest BCUT2D eigenvalue weighted by molar-refractivity contribution is 7.89. The number of carbonyl (C=O) groups is 1. The molecule has 0 aromatic heterocycles. The van der Waals surface area contributed by atoms with Gasteiger partial charge in [0.1, 0.15) is 0 Å². The number of sulfone groups is 1. The zero-order chi connectivity index (χ0) is 19.4. The molecule has 0 spiro atoms. The molecule has 0 atom stereocenters. The summed E-state index contributed by atoms with van der Waals surface area (Å²) in [5.74, 6) is -0.425. The van der Waals surface area contributed by atoms with Crippen molar-refractivity contribution in [2.45, 2.75) is 18.3 Å². The number of carbonyl (C=O) groups excluding carboxylic acids is 1. The summed E-state index contributed by atoms with van der Waals surface area (Å²) in [6.07, 6.45) is -2.83. The molecule has 0 aliphatic carbocycles. The van der Waals surface area contributed by atoms with E-state index >= 15 is 0 Å². The highest BCUT2D eigenvalue weighted by Gasteiger charge is 2.29. The smallest absolute Gasteiger partial charge is 0.352 e. The Kier molecular flexibility index (Phi) is 6.07. The molecule has 0 saturated carbocycles. The predicted octanol–water partition coefficient (Wildman–Crippen LogP) is 3.22. The van der Waals surface area contributed by atoms with Crippen LogP contribution in [0, 0.1) is 0 Å². The molecular formula is C18H18F3NO3S. The van der Waals surface area contributed by atoms with Crippen LogP contribution in [0.25, 0.3) is 0 Å². The number of rotatable bonds is 6. The third kappa shape index (κ3) is 6.18. The third-order valence-corrected chi connectivity index (χ3v) is 4.48. The zero-order valence-corrected chi connectivity index (χ0v) is 14.8. The SMILES string of the molecule is CS(=O)(=O)Cc1ccc(C(=O)NCCc2ccc(C(F)(F)F)cc2)cc1. The average molecular weight is 385 g/mol. The second kappa shape index (κ2) is 7.90. The van der Waals surface area contributed by atoms with Crippen LogP contribution in [0.15, 0.2) is 48.5 Å². The lowest BCUT2D eigenvalue weighted by molar-refractivity contribution is -0.137. The Bertz CT molecular complexity index is 858. The van der Waals surface area contributed by atoms with Gasteiger partial charge in [0.25, 0.3) is 5.91 Å². The van der Waals surface area contributed by atoms with Gasteiger partial charge >= 0.3 is 6.18 Å². The van der Waals surface area contributed by atoms with E-state index in [0.717, 1.165) is 18.4 Å². The van der Waals surface area contributed by atoms with Gasteiger partial charge < -0.3 is 5.32 Å². The van der Waals surface area contributed by atoms with Gasteiger partial charge in [-0.1, -0.05) is 24.3 Å². The summed E-state index contributed by atoms with van der Waals surface area (Å²) < 4.78 is 59.9. The van der Waals surface area contributed by atoms with Crippen LogP contribution in [0.5, 0.6) is 0 Å². The van der Waals surface area contributed by atoms with E-state index in [9.17, 15) is 26.4 Å². The minimum absolute atomic E-state index is 0.0944. The maximum Gasteiger partial charge on any atom is 0.416 e. The first-order chi connectivity index (χ1) is 12.0. The van der Waals surface area contributed by atoms with Crippen molar-refractivity contribution in [2.75, 3.05) is 12.8 Å². The molecule has 0 bridgehead atoms. The quantitative estimate of drug-likeness (QED) is 0.831. The maximum absolute atomic E-state index is 12.5. The molecule has 1 amide bonds. The van der Waals surface area contributed by atoms with Gasteiger partial charge in [0, 0.05) is 18.4 Å². The van der Waals surface area contributed by atoms with E-state index in [-0.39, 0.29) is 18.2 Å². The summed E-state index contributed by atoms with van der Waals surface area (Å²) in [6, 6.07) is 11.0. The van der Waals surface area contributed by atoms with Crippen molar-refractivity contribution in [1.29, 1.82) is 0 Å². The number of alkyl halides is 3. The van der Waals surface area contributed by atoms with Gasteiger partial charge in [-0.2, -0.15) is 13.2 Å². The Morgan fingerprint density at radius 2 is 1.50 bits per heavy atom. The van der Waals surface area contributed by atoms with Gasteiger partial charge in [-0.25, -0.2) is 8.42 Å². The molecule has 140 valence electrons. The monoisotopic (exact) mass is 385 g/mol. The van der Waals surface area contributed by atoms with Gasteiger partial charge in [0.05, 0.1) is 11.3 Å². The fourth-order valence-electron chi connectivity index (χ4n) is 2.34. The standard InChI is InChI=1S/C18H18F3NO3S/c1-26(24,25)12-14-2-6-15(7-3-14)17(23)22-11-10-13-4-8-16(9-5-13)18(19,20)21/h2-9H,10-12H2,1H3,(H,22,23). The molecule has 0 heterocycles. The minimum atomic E-state index is -4.37. The van der Waals surface area contributed by atoms with Gasteiger partial charge in [0.15, 0.2) is 9.84 Å². The first-order valence-corrected chi connectivity index (χ1v) is 9.82. The Labute approximate surface area is 150 Å². The molecule has 0 aliphatic rings. The highest BCUT2D eigenvalue weighted by Crippen LogP contribution is 2.29. The van der Waals surface area contributed by atoms with Crippen LogP contribution in [0.4, 0.5) is 13.2 Å². The zero-order valence-electron chi connectivity index (χ0n) is 14.0. The van der Waals surface area contributed by atoms with Crippen molar-refractivity contribution in [3.63, 3.8) is 0 Å². The van der Waals surface area contributed by atoms with Crippen LogP contribution in [-0.4, -0.2) is 27.1 Å². The molecule has 8 heteroatoms. The Morgan fingerprint density at radius 3 is 2.00 bits per heavy atom. The van der Waals surface area contributed by atoms with Crippen molar-refractivity contribution in [3.05, 3.63) is 70.8 Å². The third-order valence-electron chi connectivity index (χ3n) is 3.63. The molecule has 0 aliphatic heterocycles. The van der Waals surface area contributed by atoms with Gasteiger partial charge in [0.2, 0.25) is 0 Å². The Morgan fingerprint density at radius 1 is 0.962 bits per heavy atom. The molecule has 1 N–H and O–H groups in total. The summed E-state index contributed by atoms with van der Waals surface area (Å²) in [6.45, 7) is 0.273. The summed E-state index contributed by atoms with van der Waals surface area (Å²) in [7, 11) is -3.14. The number of amides is 1.